The van der Waals surface area contributed by atoms with E-state index in [9.17, 15) is 9.90 Å². The number of rotatable bonds is 3. The Morgan fingerprint density at radius 2 is 1.70 bits per heavy atom. The number of nitrogens with zero attached hydrogens (tertiary/aromatic N) is 1. The molecule has 0 saturated carbocycles. The molecule has 1 N–H and O–H groups in total. The summed E-state index contributed by atoms with van der Waals surface area (Å²) >= 11 is 0. The summed E-state index contributed by atoms with van der Waals surface area (Å²) in [7, 11) is 0. The van der Waals surface area contributed by atoms with Crippen LogP contribution in [-0.4, -0.2) is 35.2 Å². The molecule has 0 unspecified atom stereocenters. The molecule has 3 atom stereocenters. The predicted molar refractivity (Wildman–Crippen MR) is 87.7 cm³/mol. The monoisotopic (exact) mass is 311 g/mol. The zero-order valence-electron chi connectivity index (χ0n) is 13.1. The molecule has 2 aromatic carbocycles. The first kappa shape index (κ1) is 15.7. The quantitative estimate of drug-likeness (QED) is 0.948. The summed E-state index contributed by atoms with van der Waals surface area (Å²) in [6, 6.07) is 19.1. The molecule has 1 saturated heterocycles. The van der Waals surface area contributed by atoms with Gasteiger partial charge in [-0.1, -0.05) is 60.7 Å². The lowest BCUT2D eigenvalue weighted by molar-refractivity contribution is -0.145. The summed E-state index contributed by atoms with van der Waals surface area (Å²) in [5.41, 5.74) is 1.87. The number of benzene rings is 2. The van der Waals surface area contributed by atoms with Crippen molar-refractivity contribution in [1.82, 2.24) is 4.90 Å². The molecule has 0 aromatic heterocycles. The third kappa shape index (κ3) is 3.28. The van der Waals surface area contributed by atoms with Crippen molar-refractivity contribution in [2.24, 2.45) is 0 Å². The third-order valence-corrected chi connectivity index (χ3v) is 4.33. The second kappa shape index (κ2) is 6.94. The normalized spacial score (nSPS) is 23.4. The lowest BCUT2D eigenvalue weighted by Crippen LogP contribution is -2.41. The van der Waals surface area contributed by atoms with E-state index in [1.54, 1.807) is 4.90 Å². The van der Waals surface area contributed by atoms with Crippen LogP contribution in [-0.2, 0) is 9.53 Å². The van der Waals surface area contributed by atoms with Crippen molar-refractivity contribution in [3.05, 3.63) is 71.8 Å². The summed E-state index contributed by atoms with van der Waals surface area (Å²) in [6.45, 7) is 2.84. The van der Waals surface area contributed by atoms with Crippen LogP contribution in [0.2, 0.25) is 0 Å². The molecule has 3 rings (SSSR count). The Kier molecular flexibility index (Phi) is 4.74. The second-order valence-electron chi connectivity index (χ2n) is 5.77. The number of amides is 1. The first-order chi connectivity index (χ1) is 11.2. The van der Waals surface area contributed by atoms with Crippen molar-refractivity contribution >= 4 is 5.91 Å². The summed E-state index contributed by atoms with van der Waals surface area (Å²) in [5, 5.41) is 10.5. The minimum Gasteiger partial charge on any atom is -0.380 e. The van der Waals surface area contributed by atoms with Gasteiger partial charge in [0.15, 0.2) is 6.10 Å². The Hall–Kier alpha value is -2.17. The molecule has 4 nitrogen and oxygen atoms in total. The standard InChI is InChI=1S/C19H21NO3/c1-14(15-8-4-2-5-9-15)20-12-13-23-18(17(21)19(20)22)16-10-6-3-7-11-16/h2-11,14,17-18,21H,12-13H2,1H3/t14-,17-,18-/m0/s1. The molecular formula is C19H21NO3. The molecule has 0 bridgehead atoms. The number of carbonyl (C=O) groups excluding carboxylic acids is 1. The van der Waals surface area contributed by atoms with E-state index in [0.29, 0.717) is 13.2 Å². The fourth-order valence-electron chi connectivity index (χ4n) is 3.00. The molecule has 0 aliphatic carbocycles. The van der Waals surface area contributed by atoms with Gasteiger partial charge in [-0.25, -0.2) is 0 Å². The number of aliphatic hydroxyl groups excluding tert-OH is 1. The average Bonchev–Trinajstić information content (AvgIpc) is 2.75. The zero-order valence-corrected chi connectivity index (χ0v) is 13.1. The smallest absolute Gasteiger partial charge is 0.255 e. The van der Waals surface area contributed by atoms with Crippen LogP contribution < -0.4 is 0 Å². The van der Waals surface area contributed by atoms with E-state index in [1.165, 1.54) is 0 Å². The Balaban J connectivity index is 1.82. The van der Waals surface area contributed by atoms with Crippen LogP contribution in [0.4, 0.5) is 0 Å². The highest BCUT2D eigenvalue weighted by Crippen LogP contribution is 2.29. The fraction of sp³-hybridized carbons (Fsp3) is 0.316. The number of hydrogen-bond acceptors (Lipinski definition) is 3. The minimum atomic E-state index is -1.19. The minimum absolute atomic E-state index is 0.100. The van der Waals surface area contributed by atoms with Crippen LogP contribution in [0.3, 0.4) is 0 Å². The van der Waals surface area contributed by atoms with Gasteiger partial charge in [0.25, 0.3) is 5.91 Å². The Morgan fingerprint density at radius 1 is 1.09 bits per heavy atom. The molecule has 0 spiro atoms. The Labute approximate surface area is 136 Å². The van der Waals surface area contributed by atoms with Crippen LogP contribution in [0.5, 0.6) is 0 Å². The van der Waals surface area contributed by atoms with Crippen molar-refractivity contribution in [3.63, 3.8) is 0 Å². The van der Waals surface area contributed by atoms with Crippen LogP contribution in [0, 0.1) is 0 Å². The summed E-state index contributed by atoms with van der Waals surface area (Å²) in [4.78, 5) is 14.4. The van der Waals surface area contributed by atoms with Crippen molar-refractivity contribution in [2.45, 2.75) is 25.2 Å². The van der Waals surface area contributed by atoms with E-state index in [0.717, 1.165) is 11.1 Å². The summed E-state index contributed by atoms with van der Waals surface area (Å²) in [5.74, 6) is -0.285. The van der Waals surface area contributed by atoms with Crippen molar-refractivity contribution in [2.75, 3.05) is 13.2 Å². The number of hydrogen-bond donors (Lipinski definition) is 1. The van der Waals surface area contributed by atoms with Gasteiger partial charge < -0.3 is 14.7 Å². The summed E-state index contributed by atoms with van der Waals surface area (Å²) in [6.07, 6.45) is -1.80. The third-order valence-electron chi connectivity index (χ3n) is 4.33. The maximum absolute atomic E-state index is 12.7. The number of carbonyl (C=O) groups is 1. The molecule has 1 heterocycles. The van der Waals surface area contributed by atoms with Crippen molar-refractivity contribution in [1.29, 1.82) is 0 Å². The van der Waals surface area contributed by atoms with Crippen molar-refractivity contribution < 1.29 is 14.6 Å². The average molecular weight is 311 g/mol. The van der Waals surface area contributed by atoms with Crippen LogP contribution in [0.15, 0.2) is 60.7 Å². The highest BCUT2D eigenvalue weighted by molar-refractivity contribution is 5.82. The van der Waals surface area contributed by atoms with Gasteiger partial charge in [-0.05, 0) is 18.1 Å². The summed E-state index contributed by atoms with van der Waals surface area (Å²) < 4.78 is 5.78. The van der Waals surface area contributed by atoms with E-state index in [1.807, 2.05) is 67.6 Å². The maximum atomic E-state index is 12.7. The topological polar surface area (TPSA) is 49.8 Å². The van der Waals surface area contributed by atoms with E-state index in [2.05, 4.69) is 0 Å². The molecule has 23 heavy (non-hydrogen) atoms. The van der Waals surface area contributed by atoms with Gasteiger partial charge in [0, 0.05) is 6.54 Å². The molecular weight excluding hydrogens is 290 g/mol. The first-order valence-corrected chi connectivity index (χ1v) is 7.88. The first-order valence-electron chi connectivity index (χ1n) is 7.88. The van der Waals surface area contributed by atoms with Crippen LogP contribution in [0.1, 0.15) is 30.2 Å². The van der Waals surface area contributed by atoms with Gasteiger partial charge in [0.2, 0.25) is 0 Å². The highest BCUT2D eigenvalue weighted by atomic mass is 16.5. The van der Waals surface area contributed by atoms with E-state index >= 15 is 0 Å². The largest absolute Gasteiger partial charge is 0.380 e. The lowest BCUT2D eigenvalue weighted by atomic mass is 10.0. The molecule has 1 aliphatic heterocycles. The fourth-order valence-corrected chi connectivity index (χ4v) is 3.00. The lowest BCUT2D eigenvalue weighted by Gasteiger charge is -2.29. The van der Waals surface area contributed by atoms with Gasteiger partial charge in [0.05, 0.1) is 12.6 Å². The Bertz CT molecular complexity index is 644. The molecule has 2 aromatic rings. The van der Waals surface area contributed by atoms with Gasteiger partial charge in [0.1, 0.15) is 6.10 Å². The zero-order chi connectivity index (χ0) is 16.2. The molecule has 0 radical (unpaired) electrons. The van der Waals surface area contributed by atoms with Gasteiger partial charge in [-0.15, -0.1) is 0 Å². The second-order valence-corrected chi connectivity index (χ2v) is 5.77. The van der Waals surface area contributed by atoms with Crippen molar-refractivity contribution in [3.8, 4) is 0 Å². The van der Waals surface area contributed by atoms with Gasteiger partial charge in [-0.3, -0.25) is 4.79 Å². The van der Waals surface area contributed by atoms with Crippen LogP contribution in [0.25, 0.3) is 0 Å². The molecule has 120 valence electrons. The van der Waals surface area contributed by atoms with E-state index < -0.39 is 12.2 Å². The van der Waals surface area contributed by atoms with E-state index in [4.69, 9.17) is 4.74 Å². The molecule has 1 amide bonds. The number of ether oxygens (including phenoxy) is 1. The highest BCUT2D eigenvalue weighted by Gasteiger charge is 2.36. The van der Waals surface area contributed by atoms with Gasteiger partial charge in [-0.2, -0.15) is 0 Å². The SMILES string of the molecule is C[C@@H](c1ccccc1)N1CCO[C@@H](c2ccccc2)[C@H](O)C1=O. The number of aliphatic hydroxyl groups is 1. The van der Waals surface area contributed by atoms with Crippen LogP contribution >= 0.6 is 0 Å². The van der Waals surface area contributed by atoms with E-state index in [-0.39, 0.29) is 11.9 Å². The molecule has 1 aliphatic rings. The maximum Gasteiger partial charge on any atom is 0.255 e. The predicted octanol–water partition coefficient (Wildman–Crippen LogP) is 2.71. The molecule has 1 fully saturated rings. The van der Waals surface area contributed by atoms with Gasteiger partial charge >= 0.3 is 0 Å². The molecule has 4 heteroatoms. The Morgan fingerprint density at radius 3 is 2.35 bits per heavy atom.